The Morgan fingerprint density at radius 3 is 2.65 bits per heavy atom. The standard InChI is InChI=1S/C24H25N7/c1-16-27-9-10-31(16)20-14-30(15-20)24-13-28-21-6-5-19(12-23(21)29-24)18-4-3-17(7-8-25)22(11-18)26-2/h3-6,9-13,20H,2,7-8,14-15,25H2,1H3. The Morgan fingerprint density at radius 1 is 1.10 bits per heavy atom. The zero-order valence-corrected chi connectivity index (χ0v) is 17.6. The third-order valence-corrected chi connectivity index (χ3v) is 5.97. The monoisotopic (exact) mass is 411 g/mol. The summed E-state index contributed by atoms with van der Waals surface area (Å²) in [6.07, 6.45) is 6.54. The molecule has 1 fully saturated rings. The molecular weight excluding hydrogens is 386 g/mol. The summed E-state index contributed by atoms with van der Waals surface area (Å²) >= 11 is 0. The molecular formula is C24H25N7. The summed E-state index contributed by atoms with van der Waals surface area (Å²) in [6, 6.07) is 12.9. The molecule has 7 nitrogen and oxygen atoms in total. The van der Waals surface area contributed by atoms with Gasteiger partial charge in [0.1, 0.15) is 11.6 Å². The van der Waals surface area contributed by atoms with Gasteiger partial charge < -0.3 is 15.2 Å². The lowest BCUT2D eigenvalue weighted by Gasteiger charge is -2.41. The van der Waals surface area contributed by atoms with Crippen LogP contribution < -0.4 is 10.6 Å². The average Bonchev–Trinajstić information content (AvgIpc) is 3.18. The molecule has 0 spiro atoms. The zero-order chi connectivity index (χ0) is 21.4. The van der Waals surface area contributed by atoms with Crippen LogP contribution in [-0.2, 0) is 6.42 Å². The van der Waals surface area contributed by atoms with Crippen LogP contribution in [0.3, 0.4) is 0 Å². The van der Waals surface area contributed by atoms with Crippen molar-refractivity contribution in [3.05, 3.63) is 66.4 Å². The maximum atomic E-state index is 5.71. The number of nitrogens with two attached hydrogens (primary N) is 1. The van der Waals surface area contributed by atoms with Crippen molar-refractivity contribution >= 4 is 29.3 Å². The van der Waals surface area contributed by atoms with Gasteiger partial charge in [-0.05, 0) is 61.5 Å². The Hall–Kier alpha value is -3.58. The third-order valence-electron chi connectivity index (χ3n) is 5.97. The number of aliphatic imine (C=N–C) groups is 1. The van der Waals surface area contributed by atoms with E-state index < -0.39 is 0 Å². The molecule has 0 atom stereocenters. The van der Waals surface area contributed by atoms with Crippen LogP contribution >= 0.6 is 0 Å². The molecule has 0 amide bonds. The van der Waals surface area contributed by atoms with Crippen LogP contribution in [0.25, 0.3) is 22.2 Å². The van der Waals surface area contributed by atoms with Gasteiger partial charge in [0.15, 0.2) is 0 Å². The Balaban J connectivity index is 1.41. The predicted molar refractivity (Wildman–Crippen MR) is 125 cm³/mol. The number of hydrogen-bond acceptors (Lipinski definition) is 6. The predicted octanol–water partition coefficient (Wildman–Crippen LogP) is 3.70. The largest absolute Gasteiger partial charge is 0.351 e. The highest BCUT2D eigenvalue weighted by Gasteiger charge is 2.30. The highest BCUT2D eigenvalue weighted by molar-refractivity contribution is 5.83. The molecule has 31 heavy (non-hydrogen) atoms. The molecule has 3 heterocycles. The Kier molecular flexibility index (Phi) is 4.95. The Morgan fingerprint density at radius 2 is 1.90 bits per heavy atom. The molecule has 156 valence electrons. The second-order valence-electron chi connectivity index (χ2n) is 7.91. The summed E-state index contributed by atoms with van der Waals surface area (Å²) in [5, 5.41) is 0. The van der Waals surface area contributed by atoms with Crippen LogP contribution in [0.15, 0.2) is 60.0 Å². The van der Waals surface area contributed by atoms with E-state index in [1.165, 1.54) is 0 Å². The minimum atomic E-state index is 0.434. The molecule has 4 aromatic rings. The number of benzene rings is 2. The summed E-state index contributed by atoms with van der Waals surface area (Å²) in [5.41, 5.74) is 11.6. The van der Waals surface area contributed by atoms with Crippen molar-refractivity contribution in [1.29, 1.82) is 0 Å². The van der Waals surface area contributed by atoms with E-state index in [0.29, 0.717) is 12.6 Å². The first-order valence-corrected chi connectivity index (χ1v) is 10.5. The first kappa shape index (κ1) is 19.4. The number of fused-ring (bicyclic) bond motifs is 1. The number of anilines is 1. The highest BCUT2D eigenvalue weighted by atomic mass is 15.3. The summed E-state index contributed by atoms with van der Waals surface area (Å²) in [7, 11) is 0. The van der Waals surface area contributed by atoms with Crippen LogP contribution in [0, 0.1) is 6.92 Å². The van der Waals surface area contributed by atoms with Gasteiger partial charge in [-0.25, -0.2) is 9.97 Å². The number of aromatic nitrogens is 4. The van der Waals surface area contributed by atoms with Crippen molar-refractivity contribution in [3.63, 3.8) is 0 Å². The SMILES string of the molecule is C=Nc1cc(-c2ccc3ncc(N4CC(n5ccnc5C)C4)nc3c2)ccc1CCN. The van der Waals surface area contributed by atoms with Crippen molar-refractivity contribution < 1.29 is 0 Å². The van der Waals surface area contributed by atoms with Gasteiger partial charge in [-0.3, -0.25) is 9.98 Å². The molecule has 1 aliphatic heterocycles. The maximum absolute atomic E-state index is 5.71. The number of rotatable bonds is 6. The fraction of sp³-hybridized carbons (Fsp3) is 0.250. The van der Waals surface area contributed by atoms with E-state index in [9.17, 15) is 0 Å². The van der Waals surface area contributed by atoms with Crippen LogP contribution in [0.1, 0.15) is 17.4 Å². The van der Waals surface area contributed by atoms with Crippen LogP contribution in [0.2, 0.25) is 0 Å². The summed E-state index contributed by atoms with van der Waals surface area (Å²) in [6.45, 7) is 8.16. The van der Waals surface area contributed by atoms with Crippen molar-refractivity contribution in [2.75, 3.05) is 24.5 Å². The molecule has 0 bridgehead atoms. The van der Waals surface area contributed by atoms with Gasteiger partial charge in [0.2, 0.25) is 0 Å². The average molecular weight is 412 g/mol. The molecule has 0 aliphatic carbocycles. The van der Waals surface area contributed by atoms with Gasteiger partial charge in [-0.2, -0.15) is 0 Å². The van der Waals surface area contributed by atoms with Crippen LogP contribution in [0.5, 0.6) is 0 Å². The van der Waals surface area contributed by atoms with Gasteiger partial charge in [0.25, 0.3) is 0 Å². The summed E-state index contributed by atoms with van der Waals surface area (Å²) in [4.78, 5) is 20.3. The first-order valence-electron chi connectivity index (χ1n) is 10.5. The molecule has 2 aromatic carbocycles. The molecule has 7 heteroatoms. The van der Waals surface area contributed by atoms with Crippen molar-refractivity contribution in [3.8, 4) is 11.1 Å². The minimum Gasteiger partial charge on any atom is -0.351 e. The molecule has 5 rings (SSSR count). The molecule has 2 aromatic heterocycles. The van der Waals surface area contributed by atoms with Crippen molar-refractivity contribution in [2.24, 2.45) is 10.7 Å². The molecule has 0 radical (unpaired) electrons. The fourth-order valence-corrected chi connectivity index (χ4v) is 4.18. The summed E-state index contributed by atoms with van der Waals surface area (Å²) < 4.78 is 2.22. The third kappa shape index (κ3) is 3.57. The minimum absolute atomic E-state index is 0.434. The second kappa shape index (κ2) is 7.92. The molecule has 0 unspecified atom stereocenters. The maximum Gasteiger partial charge on any atom is 0.147 e. The second-order valence-corrected chi connectivity index (χ2v) is 7.91. The quantitative estimate of drug-likeness (QED) is 0.489. The summed E-state index contributed by atoms with van der Waals surface area (Å²) in [5.74, 6) is 1.95. The van der Waals surface area contributed by atoms with Gasteiger partial charge in [0.05, 0.1) is 29.0 Å². The van der Waals surface area contributed by atoms with E-state index in [2.05, 4.69) is 61.5 Å². The van der Waals surface area contributed by atoms with Gasteiger partial charge in [-0.1, -0.05) is 18.2 Å². The molecule has 2 N–H and O–H groups in total. The van der Waals surface area contributed by atoms with E-state index in [0.717, 1.165) is 64.6 Å². The smallest absolute Gasteiger partial charge is 0.147 e. The normalized spacial score (nSPS) is 14.1. The molecule has 0 saturated carbocycles. The molecule has 1 saturated heterocycles. The van der Waals surface area contributed by atoms with Crippen molar-refractivity contribution in [1.82, 2.24) is 19.5 Å². The Bertz CT molecular complexity index is 1250. The lowest BCUT2D eigenvalue weighted by molar-refractivity contribution is 0.390. The van der Waals surface area contributed by atoms with Crippen LogP contribution in [0.4, 0.5) is 11.5 Å². The fourth-order valence-electron chi connectivity index (χ4n) is 4.18. The lowest BCUT2D eigenvalue weighted by atomic mass is 10.0. The number of imidazole rings is 1. The highest BCUT2D eigenvalue weighted by Crippen LogP contribution is 2.31. The number of aryl methyl sites for hydroxylation is 1. The number of hydrogen-bond donors (Lipinski definition) is 1. The zero-order valence-electron chi connectivity index (χ0n) is 17.6. The Labute approximate surface area is 181 Å². The number of nitrogens with zero attached hydrogens (tertiary/aromatic N) is 6. The van der Waals surface area contributed by atoms with E-state index in [1.54, 1.807) is 0 Å². The van der Waals surface area contributed by atoms with Gasteiger partial charge in [0, 0.05) is 25.5 Å². The van der Waals surface area contributed by atoms with E-state index in [-0.39, 0.29) is 0 Å². The van der Waals surface area contributed by atoms with Crippen LogP contribution in [-0.4, -0.2) is 45.9 Å². The van der Waals surface area contributed by atoms with E-state index in [4.69, 9.17) is 10.7 Å². The van der Waals surface area contributed by atoms with Gasteiger partial charge >= 0.3 is 0 Å². The van der Waals surface area contributed by atoms with Crippen molar-refractivity contribution in [2.45, 2.75) is 19.4 Å². The topological polar surface area (TPSA) is 85.2 Å². The van der Waals surface area contributed by atoms with E-state index in [1.807, 2.05) is 31.6 Å². The first-order chi connectivity index (χ1) is 15.2. The van der Waals surface area contributed by atoms with E-state index >= 15 is 0 Å². The van der Waals surface area contributed by atoms with Gasteiger partial charge in [-0.15, -0.1) is 0 Å². The lowest BCUT2D eigenvalue weighted by Crippen LogP contribution is -2.48. The molecule has 1 aliphatic rings.